The molecule has 0 aliphatic heterocycles. The summed E-state index contributed by atoms with van der Waals surface area (Å²) in [5.41, 5.74) is 6.61. The van der Waals surface area contributed by atoms with E-state index in [9.17, 15) is 4.79 Å². The van der Waals surface area contributed by atoms with Gasteiger partial charge in [-0.3, -0.25) is 0 Å². The first kappa shape index (κ1) is 13.7. The van der Waals surface area contributed by atoms with Gasteiger partial charge < -0.3 is 40.9 Å². The van der Waals surface area contributed by atoms with Gasteiger partial charge in [-0.15, -0.1) is 0 Å². The molecule has 0 heterocycles. The molecule has 2 rings (SSSR count). The van der Waals surface area contributed by atoms with Gasteiger partial charge in [0.15, 0.2) is 0 Å². The van der Waals surface area contributed by atoms with Gasteiger partial charge in [-0.25, -0.2) is 6.07 Å². The fraction of sp³-hybridized carbons (Fsp3) is 0.0833. The molecule has 3 heteroatoms. The third kappa shape index (κ3) is 4.63. The molecule has 0 aliphatic rings. The molecular weight excluding hydrogens is 230 g/mol. The number of hydrogen-bond donors (Lipinski definition) is 1. The van der Waals surface area contributed by atoms with Crippen molar-refractivity contribution in [1.82, 2.24) is 0 Å². The SMILES string of the molecule is CC(=O)[c-]1cccc1N.[Fe].[cH-]1[cH-][cH-][cH-][cH-]1. The number of ketones is 1. The van der Waals surface area contributed by atoms with Gasteiger partial charge in [0.05, 0.1) is 0 Å². The standard InChI is InChI=1S/C7H8NO.C5H5.Fe/c1-5(9)6-3-2-4-7(6)8;1-2-4-5-3-1;/h2-4H,8H2,1H3;1-5H;/q-1;-5;. The minimum atomic E-state index is 0. The van der Waals surface area contributed by atoms with Crippen molar-refractivity contribution < 1.29 is 21.9 Å². The van der Waals surface area contributed by atoms with Gasteiger partial charge in [-0.1, -0.05) is 11.3 Å². The maximum atomic E-state index is 10.6. The molecule has 2 N–H and O–H groups in total. The zero-order valence-corrected chi connectivity index (χ0v) is 9.56. The van der Waals surface area contributed by atoms with Gasteiger partial charge in [0.2, 0.25) is 0 Å². The van der Waals surface area contributed by atoms with Crippen LogP contribution >= 0.6 is 0 Å². The van der Waals surface area contributed by atoms with Crippen LogP contribution in [0.1, 0.15) is 17.3 Å². The van der Waals surface area contributed by atoms with Crippen molar-refractivity contribution in [2.24, 2.45) is 0 Å². The van der Waals surface area contributed by atoms with E-state index >= 15 is 0 Å². The smallest absolute Gasteiger partial charge is 0.107 e. The van der Waals surface area contributed by atoms with Crippen molar-refractivity contribution in [2.75, 3.05) is 5.73 Å². The molecular formula is C12H13FeNO-6. The van der Waals surface area contributed by atoms with E-state index in [0.717, 1.165) is 0 Å². The second kappa shape index (κ2) is 7.04. The summed E-state index contributed by atoms with van der Waals surface area (Å²) in [6.45, 7) is 1.51. The summed E-state index contributed by atoms with van der Waals surface area (Å²) in [7, 11) is 0. The second-order valence-corrected chi connectivity index (χ2v) is 2.91. The third-order valence-corrected chi connectivity index (χ3v) is 1.78. The van der Waals surface area contributed by atoms with Crippen LogP contribution in [0.4, 0.5) is 5.69 Å². The van der Waals surface area contributed by atoms with Crippen LogP contribution < -0.4 is 5.73 Å². The van der Waals surface area contributed by atoms with Gasteiger partial charge in [-0.2, -0.15) is 12.1 Å². The third-order valence-electron chi connectivity index (χ3n) is 1.78. The van der Waals surface area contributed by atoms with Crippen molar-refractivity contribution in [2.45, 2.75) is 6.92 Å². The Morgan fingerprint density at radius 1 is 1.27 bits per heavy atom. The topological polar surface area (TPSA) is 43.1 Å². The Morgan fingerprint density at radius 2 is 1.73 bits per heavy atom. The molecule has 2 nitrogen and oxygen atoms in total. The number of carbonyl (C=O) groups is 1. The Morgan fingerprint density at radius 3 is 1.93 bits per heavy atom. The van der Waals surface area contributed by atoms with Crippen LogP contribution in [-0.4, -0.2) is 5.78 Å². The Hall–Kier alpha value is -1.31. The summed E-state index contributed by atoms with van der Waals surface area (Å²) in [5.74, 6) is 0.0255. The normalized spacial score (nSPS) is 8.33. The number of Topliss-reactive ketones (excluding diaryl/α,β-unsaturated/α-hetero) is 1. The Labute approximate surface area is 100 Å². The van der Waals surface area contributed by atoms with E-state index in [0.29, 0.717) is 11.3 Å². The number of nitrogens with two attached hydrogens (primary N) is 1. The molecule has 15 heavy (non-hydrogen) atoms. The first-order valence-corrected chi connectivity index (χ1v) is 4.40. The number of carbonyl (C=O) groups excluding carboxylic acids is 1. The molecule has 0 atom stereocenters. The van der Waals surface area contributed by atoms with Crippen LogP contribution in [0.2, 0.25) is 0 Å². The molecule has 0 fully saturated rings. The molecule has 2 aromatic carbocycles. The van der Waals surface area contributed by atoms with E-state index in [1.165, 1.54) is 6.92 Å². The first-order chi connectivity index (χ1) is 6.72. The monoisotopic (exact) mass is 243 g/mol. The second-order valence-electron chi connectivity index (χ2n) is 2.91. The number of hydrogen-bond acceptors (Lipinski definition) is 2. The first-order valence-electron chi connectivity index (χ1n) is 4.40. The molecule has 0 radical (unpaired) electrons. The van der Waals surface area contributed by atoms with Crippen LogP contribution in [0, 0.1) is 0 Å². The van der Waals surface area contributed by atoms with E-state index in [4.69, 9.17) is 5.73 Å². The van der Waals surface area contributed by atoms with E-state index in [2.05, 4.69) is 0 Å². The maximum Gasteiger partial charge on any atom is 0.107 e. The number of nitrogen functional groups attached to an aromatic ring is 1. The van der Waals surface area contributed by atoms with Crippen molar-refractivity contribution in [3.8, 4) is 0 Å². The molecule has 0 bridgehead atoms. The molecule has 0 spiro atoms. The van der Waals surface area contributed by atoms with Crippen molar-refractivity contribution in [1.29, 1.82) is 0 Å². The fourth-order valence-corrected chi connectivity index (χ4v) is 1.08. The minimum Gasteiger partial charge on any atom is -0.748 e. The Balaban J connectivity index is 0.000000280. The predicted molar refractivity (Wildman–Crippen MR) is 58.5 cm³/mol. The fourth-order valence-electron chi connectivity index (χ4n) is 1.08. The van der Waals surface area contributed by atoms with E-state index in [-0.39, 0.29) is 22.9 Å². The average molecular weight is 243 g/mol. The predicted octanol–water partition coefficient (Wildman–Crippen LogP) is 2.59. The maximum absolute atomic E-state index is 10.6. The van der Waals surface area contributed by atoms with E-state index in [1.54, 1.807) is 18.2 Å². The van der Waals surface area contributed by atoms with Gasteiger partial charge in [0, 0.05) is 17.1 Å². The number of anilines is 1. The number of rotatable bonds is 1. The molecule has 86 valence electrons. The summed E-state index contributed by atoms with van der Waals surface area (Å²) >= 11 is 0. The summed E-state index contributed by atoms with van der Waals surface area (Å²) in [5, 5.41) is 0. The minimum absolute atomic E-state index is 0. The van der Waals surface area contributed by atoms with Crippen molar-refractivity contribution in [3.05, 3.63) is 54.1 Å². The van der Waals surface area contributed by atoms with Crippen LogP contribution in [0.25, 0.3) is 0 Å². The van der Waals surface area contributed by atoms with Gasteiger partial charge >= 0.3 is 0 Å². The average Bonchev–Trinajstić information content (AvgIpc) is 2.74. The molecule has 0 unspecified atom stereocenters. The Bertz CT molecular complexity index is 359. The summed E-state index contributed by atoms with van der Waals surface area (Å²) in [6, 6.07) is 15.2. The van der Waals surface area contributed by atoms with Gasteiger partial charge in [0.1, 0.15) is 5.78 Å². The molecule has 0 saturated heterocycles. The molecule has 0 amide bonds. The quantitative estimate of drug-likeness (QED) is 0.475. The van der Waals surface area contributed by atoms with E-state index < -0.39 is 0 Å². The molecule has 2 aromatic rings. The van der Waals surface area contributed by atoms with Gasteiger partial charge in [-0.05, 0) is 6.92 Å². The summed E-state index contributed by atoms with van der Waals surface area (Å²) in [6.07, 6.45) is 0. The zero-order chi connectivity index (χ0) is 10.4. The van der Waals surface area contributed by atoms with Crippen LogP contribution in [-0.2, 0) is 17.1 Å². The van der Waals surface area contributed by atoms with Crippen LogP contribution in [0.3, 0.4) is 0 Å². The largest absolute Gasteiger partial charge is 0.748 e. The van der Waals surface area contributed by atoms with Crippen molar-refractivity contribution in [3.63, 3.8) is 0 Å². The van der Waals surface area contributed by atoms with Gasteiger partial charge in [0.25, 0.3) is 0 Å². The van der Waals surface area contributed by atoms with Crippen molar-refractivity contribution >= 4 is 11.5 Å². The summed E-state index contributed by atoms with van der Waals surface area (Å²) < 4.78 is 0. The zero-order valence-electron chi connectivity index (χ0n) is 8.46. The van der Waals surface area contributed by atoms with Crippen LogP contribution in [0.15, 0.2) is 48.5 Å². The van der Waals surface area contributed by atoms with Crippen LogP contribution in [0.5, 0.6) is 0 Å². The summed E-state index contributed by atoms with van der Waals surface area (Å²) in [4.78, 5) is 10.6. The molecule has 0 aliphatic carbocycles. The van der Waals surface area contributed by atoms with E-state index in [1.807, 2.05) is 30.3 Å². The Kier molecular flexibility index (Phi) is 6.43. The molecule has 0 aromatic heterocycles. The molecule has 0 saturated carbocycles.